The van der Waals surface area contributed by atoms with Gasteiger partial charge in [0, 0.05) is 17.4 Å². The topological polar surface area (TPSA) is 38.0 Å². The van der Waals surface area contributed by atoms with Gasteiger partial charge in [0.15, 0.2) is 0 Å². The summed E-state index contributed by atoms with van der Waals surface area (Å²) in [6.07, 6.45) is 2.45. The zero-order valence-electron chi connectivity index (χ0n) is 9.96. The second-order valence-corrected chi connectivity index (χ2v) is 4.42. The third-order valence-electron chi connectivity index (χ3n) is 2.78. The van der Waals surface area contributed by atoms with E-state index in [1.54, 1.807) is 0 Å². The number of hydrogen-bond donors (Lipinski definition) is 2. The predicted molar refractivity (Wildman–Crippen MR) is 68.0 cm³/mol. The van der Waals surface area contributed by atoms with Crippen LogP contribution in [0.3, 0.4) is 0 Å². The Bertz CT molecular complexity index is 279. The van der Waals surface area contributed by atoms with Crippen molar-refractivity contribution in [1.29, 1.82) is 0 Å². The summed E-state index contributed by atoms with van der Waals surface area (Å²) in [7, 11) is 0. The summed E-state index contributed by atoms with van der Waals surface area (Å²) in [6, 6.07) is 8.44. The molecule has 1 rings (SSSR count). The molecule has 0 aliphatic rings. The van der Waals surface area contributed by atoms with E-state index in [4.69, 9.17) is 5.73 Å². The number of rotatable bonds is 5. The van der Waals surface area contributed by atoms with Crippen LogP contribution in [0.1, 0.15) is 33.6 Å². The lowest BCUT2D eigenvalue weighted by molar-refractivity contribution is 0.484. The maximum Gasteiger partial charge on any atom is 0.0343 e. The second kappa shape index (κ2) is 5.64. The van der Waals surface area contributed by atoms with Gasteiger partial charge >= 0.3 is 0 Å². The van der Waals surface area contributed by atoms with E-state index in [9.17, 15) is 0 Å². The maximum absolute atomic E-state index is 5.63. The number of anilines is 2. The third kappa shape index (κ3) is 4.24. The minimum atomic E-state index is 0.517. The molecular weight excluding hydrogens is 184 g/mol. The first-order valence-electron chi connectivity index (χ1n) is 5.74. The van der Waals surface area contributed by atoms with Crippen LogP contribution in [0.4, 0.5) is 11.4 Å². The van der Waals surface area contributed by atoms with Crippen molar-refractivity contribution >= 4 is 11.4 Å². The molecule has 2 atom stereocenters. The molecule has 3 N–H and O–H groups in total. The van der Waals surface area contributed by atoms with Crippen LogP contribution in [0, 0.1) is 5.92 Å². The van der Waals surface area contributed by atoms with Gasteiger partial charge in [0.05, 0.1) is 0 Å². The van der Waals surface area contributed by atoms with E-state index in [-0.39, 0.29) is 0 Å². The highest BCUT2D eigenvalue weighted by atomic mass is 14.9. The SMILES string of the molecule is CCC(C)CC(C)Nc1ccc(N)cc1. The maximum atomic E-state index is 5.63. The van der Waals surface area contributed by atoms with E-state index in [0.29, 0.717) is 6.04 Å². The monoisotopic (exact) mass is 206 g/mol. The highest BCUT2D eigenvalue weighted by Gasteiger charge is 2.06. The smallest absolute Gasteiger partial charge is 0.0343 e. The normalized spacial score (nSPS) is 14.6. The quantitative estimate of drug-likeness (QED) is 0.723. The molecule has 0 bridgehead atoms. The molecule has 0 amide bonds. The Balaban J connectivity index is 2.44. The third-order valence-corrected chi connectivity index (χ3v) is 2.78. The number of nitrogens with two attached hydrogens (primary N) is 1. The van der Waals surface area contributed by atoms with Gasteiger partial charge in [0.2, 0.25) is 0 Å². The molecule has 0 aliphatic carbocycles. The Morgan fingerprint density at radius 3 is 2.33 bits per heavy atom. The summed E-state index contributed by atoms with van der Waals surface area (Å²) in [5, 5.41) is 3.48. The van der Waals surface area contributed by atoms with Gasteiger partial charge in [-0.1, -0.05) is 20.3 Å². The van der Waals surface area contributed by atoms with Crippen molar-refractivity contribution in [2.24, 2.45) is 5.92 Å². The lowest BCUT2D eigenvalue weighted by atomic mass is 10.0. The van der Waals surface area contributed by atoms with Gasteiger partial charge in [-0.3, -0.25) is 0 Å². The van der Waals surface area contributed by atoms with Crippen molar-refractivity contribution in [3.63, 3.8) is 0 Å². The molecular formula is C13H22N2. The van der Waals surface area contributed by atoms with Crippen LogP contribution in [-0.2, 0) is 0 Å². The lowest BCUT2D eigenvalue weighted by Gasteiger charge is -2.18. The Kier molecular flexibility index (Phi) is 4.47. The number of benzene rings is 1. The Hall–Kier alpha value is -1.18. The Morgan fingerprint density at radius 1 is 1.20 bits per heavy atom. The fourth-order valence-corrected chi connectivity index (χ4v) is 1.69. The molecule has 0 aromatic heterocycles. The fourth-order valence-electron chi connectivity index (χ4n) is 1.69. The average molecular weight is 206 g/mol. The van der Waals surface area contributed by atoms with E-state index in [1.165, 1.54) is 12.8 Å². The molecule has 0 radical (unpaired) electrons. The second-order valence-electron chi connectivity index (χ2n) is 4.42. The molecule has 0 spiro atoms. The van der Waals surface area contributed by atoms with Gasteiger partial charge in [0.1, 0.15) is 0 Å². The van der Waals surface area contributed by atoms with Gasteiger partial charge in [-0.25, -0.2) is 0 Å². The van der Waals surface area contributed by atoms with Crippen molar-refractivity contribution in [2.45, 2.75) is 39.7 Å². The molecule has 0 saturated carbocycles. The fraction of sp³-hybridized carbons (Fsp3) is 0.538. The number of hydrogen-bond acceptors (Lipinski definition) is 2. The van der Waals surface area contributed by atoms with E-state index >= 15 is 0 Å². The van der Waals surface area contributed by atoms with Crippen LogP contribution in [0.5, 0.6) is 0 Å². The van der Waals surface area contributed by atoms with Gasteiger partial charge in [-0.15, -0.1) is 0 Å². The summed E-state index contributed by atoms with van der Waals surface area (Å²) >= 11 is 0. The number of nitrogens with one attached hydrogen (secondary N) is 1. The van der Waals surface area contributed by atoms with Gasteiger partial charge in [-0.05, 0) is 43.5 Å². The summed E-state index contributed by atoms with van der Waals surface area (Å²) < 4.78 is 0. The zero-order chi connectivity index (χ0) is 11.3. The molecule has 0 aliphatic heterocycles. The first-order chi connectivity index (χ1) is 7.11. The largest absolute Gasteiger partial charge is 0.399 e. The molecule has 1 aromatic rings. The summed E-state index contributed by atoms with van der Waals surface area (Å²) in [5.74, 6) is 0.779. The molecule has 15 heavy (non-hydrogen) atoms. The molecule has 0 fully saturated rings. The summed E-state index contributed by atoms with van der Waals surface area (Å²) in [5.41, 5.74) is 7.60. The molecule has 2 heteroatoms. The summed E-state index contributed by atoms with van der Waals surface area (Å²) in [4.78, 5) is 0. The molecule has 1 aromatic carbocycles. The van der Waals surface area contributed by atoms with E-state index in [0.717, 1.165) is 17.3 Å². The van der Waals surface area contributed by atoms with Crippen LogP contribution in [0.2, 0.25) is 0 Å². The van der Waals surface area contributed by atoms with Crippen molar-refractivity contribution in [3.05, 3.63) is 24.3 Å². The molecule has 0 heterocycles. The van der Waals surface area contributed by atoms with Gasteiger partial charge in [-0.2, -0.15) is 0 Å². The van der Waals surface area contributed by atoms with Gasteiger partial charge < -0.3 is 11.1 Å². The van der Waals surface area contributed by atoms with Crippen LogP contribution in [0.25, 0.3) is 0 Å². The van der Waals surface area contributed by atoms with Crippen LogP contribution in [-0.4, -0.2) is 6.04 Å². The van der Waals surface area contributed by atoms with E-state index in [2.05, 4.69) is 26.1 Å². The molecule has 0 saturated heterocycles. The average Bonchev–Trinajstić information content (AvgIpc) is 2.21. The first kappa shape index (κ1) is 11.9. The van der Waals surface area contributed by atoms with Crippen LogP contribution < -0.4 is 11.1 Å². The predicted octanol–water partition coefficient (Wildman–Crippen LogP) is 3.51. The van der Waals surface area contributed by atoms with Crippen LogP contribution in [0.15, 0.2) is 24.3 Å². The minimum absolute atomic E-state index is 0.517. The number of nitrogen functional groups attached to an aromatic ring is 1. The lowest BCUT2D eigenvalue weighted by Crippen LogP contribution is -2.18. The van der Waals surface area contributed by atoms with Crippen LogP contribution >= 0.6 is 0 Å². The van der Waals surface area contributed by atoms with Gasteiger partial charge in [0.25, 0.3) is 0 Å². The van der Waals surface area contributed by atoms with Crippen molar-refractivity contribution < 1.29 is 0 Å². The van der Waals surface area contributed by atoms with Crippen molar-refractivity contribution in [3.8, 4) is 0 Å². The molecule has 2 nitrogen and oxygen atoms in total. The zero-order valence-corrected chi connectivity index (χ0v) is 9.96. The minimum Gasteiger partial charge on any atom is -0.399 e. The highest BCUT2D eigenvalue weighted by molar-refractivity contribution is 5.51. The first-order valence-corrected chi connectivity index (χ1v) is 5.74. The van der Waals surface area contributed by atoms with Crippen molar-refractivity contribution in [1.82, 2.24) is 0 Å². The Labute approximate surface area is 92.9 Å². The standard InChI is InChI=1S/C13H22N2/c1-4-10(2)9-11(3)15-13-7-5-12(14)6-8-13/h5-8,10-11,15H,4,9,14H2,1-3H3. The van der Waals surface area contributed by atoms with E-state index < -0.39 is 0 Å². The molecule has 2 unspecified atom stereocenters. The summed E-state index contributed by atoms with van der Waals surface area (Å²) in [6.45, 7) is 6.75. The van der Waals surface area contributed by atoms with E-state index in [1.807, 2.05) is 24.3 Å². The van der Waals surface area contributed by atoms with Crippen molar-refractivity contribution in [2.75, 3.05) is 11.1 Å². The highest BCUT2D eigenvalue weighted by Crippen LogP contribution is 2.16. The molecule has 84 valence electrons. The Morgan fingerprint density at radius 2 is 1.80 bits per heavy atom.